The van der Waals surface area contributed by atoms with E-state index in [0.29, 0.717) is 6.61 Å². The van der Waals surface area contributed by atoms with Crippen LogP contribution in [0.1, 0.15) is 116 Å². The summed E-state index contributed by atoms with van der Waals surface area (Å²) in [6.45, 7) is 11.8. The first-order valence-corrected chi connectivity index (χ1v) is 17.1. The second-order valence-corrected chi connectivity index (χ2v) is 12.1. The smallest absolute Gasteiger partial charge is 0.158 e. The molecule has 3 rings (SSSR count). The summed E-state index contributed by atoms with van der Waals surface area (Å²) in [4.78, 5) is 12.4. The van der Waals surface area contributed by atoms with Gasteiger partial charge in [0.15, 0.2) is 5.78 Å². The second-order valence-electron chi connectivity index (χ2n) is 12.1. The lowest BCUT2D eigenvalue weighted by Gasteiger charge is -2.17. The number of ether oxygens (including phenoxy) is 2. The average Bonchev–Trinajstić information content (AvgIpc) is 3.03. The predicted molar refractivity (Wildman–Crippen MR) is 184 cm³/mol. The van der Waals surface area contributed by atoms with E-state index in [0.717, 1.165) is 74.0 Å². The van der Waals surface area contributed by atoms with Crippen molar-refractivity contribution in [2.24, 2.45) is 5.92 Å². The van der Waals surface area contributed by atoms with Gasteiger partial charge in [0.1, 0.15) is 11.5 Å². The Bertz CT molecular complexity index is 1240. The Morgan fingerprint density at radius 2 is 1.33 bits per heavy atom. The Morgan fingerprint density at radius 3 is 2.02 bits per heavy atom. The van der Waals surface area contributed by atoms with Crippen LogP contribution in [0.2, 0.25) is 0 Å². The van der Waals surface area contributed by atoms with Gasteiger partial charge in [-0.2, -0.15) is 0 Å². The summed E-state index contributed by atoms with van der Waals surface area (Å²) in [5.74, 6) is 2.23. The van der Waals surface area contributed by atoms with Crippen molar-refractivity contribution in [3.8, 4) is 22.6 Å². The van der Waals surface area contributed by atoms with E-state index in [4.69, 9.17) is 9.47 Å². The molecule has 0 saturated carbocycles. The standard InChI is InChI=1S/C40H56O3/c1-5-8-10-12-13-19-29-42-35-26-28-36(32(4)31-35)38-27-25-33-21-17-18-24-37(33)40(38)43-30-20-14-16-23-34(39(41)7-3)22-15-11-9-6-2/h7,17-18,21,24-28,31,34H,3,5-6,8-16,19-20,22-23,29-30H2,1-2,4H3. The van der Waals surface area contributed by atoms with E-state index in [2.05, 4.69) is 81.9 Å². The second kappa shape index (κ2) is 20.0. The SMILES string of the molecule is C=CC(=O)C(CCCCCC)CCCCCOc1c(-c2ccc(OCCCCCCCC)cc2C)ccc2ccccc12. The van der Waals surface area contributed by atoms with Crippen molar-refractivity contribution in [1.29, 1.82) is 0 Å². The zero-order valence-corrected chi connectivity index (χ0v) is 27.3. The number of fused-ring (bicyclic) bond motifs is 1. The van der Waals surface area contributed by atoms with E-state index in [-0.39, 0.29) is 11.7 Å². The van der Waals surface area contributed by atoms with Crippen LogP contribution in [-0.2, 0) is 4.79 Å². The summed E-state index contributed by atoms with van der Waals surface area (Å²) in [5.41, 5.74) is 3.50. The molecule has 0 N–H and O–H groups in total. The molecule has 3 aromatic rings. The topological polar surface area (TPSA) is 35.5 Å². The van der Waals surface area contributed by atoms with Gasteiger partial charge in [0.05, 0.1) is 13.2 Å². The fraction of sp³-hybridized carbons (Fsp3) is 0.525. The van der Waals surface area contributed by atoms with Gasteiger partial charge in [0.25, 0.3) is 0 Å². The highest BCUT2D eigenvalue weighted by Crippen LogP contribution is 2.39. The van der Waals surface area contributed by atoms with Gasteiger partial charge in [-0.15, -0.1) is 0 Å². The molecule has 1 unspecified atom stereocenters. The molecule has 0 spiro atoms. The summed E-state index contributed by atoms with van der Waals surface area (Å²) in [7, 11) is 0. The van der Waals surface area contributed by atoms with Crippen LogP contribution in [0, 0.1) is 12.8 Å². The van der Waals surface area contributed by atoms with Crippen LogP contribution >= 0.6 is 0 Å². The van der Waals surface area contributed by atoms with E-state index in [1.54, 1.807) is 0 Å². The molecule has 0 radical (unpaired) electrons. The molecule has 0 aliphatic carbocycles. The Hall–Kier alpha value is -3.07. The minimum Gasteiger partial charge on any atom is -0.494 e. The zero-order chi connectivity index (χ0) is 30.7. The maximum Gasteiger partial charge on any atom is 0.158 e. The Morgan fingerprint density at radius 1 is 0.721 bits per heavy atom. The van der Waals surface area contributed by atoms with Gasteiger partial charge in [-0.1, -0.05) is 134 Å². The lowest BCUT2D eigenvalue weighted by Crippen LogP contribution is -2.12. The normalized spacial score (nSPS) is 11.9. The molecule has 3 aromatic carbocycles. The number of rotatable bonds is 23. The van der Waals surface area contributed by atoms with Crippen molar-refractivity contribution >= 4 is 16.6 Å². The molecule has 0 bridgehead atoms. The van der Waals surface area contributed by atoms with Crippen LogP contribution in [0.5, 0.6) is 11.5 Å². The quantitative estimate of drug-likeness (QED) is 0.0821. The van der Waals surface area contributed by atoms with Crippen molar-refractivity contribution in [1.82, 2.24) is 0 Å². The minimum absolute atomic E-state index is 0.126. The summed E-state index contributed by atoms with van der Waals surface area (Å²) in [6, 6.07) is 19.3. The highest BCUT2D eigenvalue weighted by molar-refractivity contribution is 5.95. The van der Waals surface area contributed by atoms with Crippen molar-refractivity contribution in [3.63, 3.8) is 0 Å². The number of carbonyl (C=O) groups is 1. The van der Waals surface area contributed by atoms with Crippen LogP contribution in [0.4, 0.5) is 0 Å². The molecule has 0 heterocycles. The number of unbranched alkanes of at least 4 members (excludes halogenated alkanes) is 10. The molecule has 43 heavy (non-hydrogen) atoms. The van der Waals surface area contributed by atoms with Crippen molar-refractivity contribution in [2.45, 2.75) is 117 Å². The largest absolute Gasteiger partial charge is 0.494 e. The molecule has 3 heteroatoms. The molecule has 3 nitrogen and oxygen atoms in total. The molecule has 0 saturated heterocycles. The van der Waals surface area contributed by atoms with Crippen LogP contribution in [0.3, 0.4) is 0 Å². The van der Waals surface area contributed by atoms with Gasteiger partial charge >= 0.3 is 0 Å². The van der Waals surface area contributed by atoms with Crippen LogP contribution in [0.15, 0.2) is 67.3 Å². The van der Waals surface area contributed by atoms with Gasteiger partial charge in [0.2, 0.25) is 0 Å². The molecule has 0 aromatic heterocycles. The first kappa shape index (κ1) is 34.4. The molecule has 0 aliphatic rings. The third-order valence-corrected chi connectivity index (χ3v) is 8.59. The maximum atomic E-state index is 12.4. The zero-order valence-electron chi connectivity index (χ0n) is 27.3. The Balaban J connectivity index is 1.59. The minimum atomic E-state index is 0.126. The van der Waals surface area contributed by atoms with Gasteiger partial charge in [0, 0.05) is 16.9 Å². The lowest BCUT2D eigenvalue weighted by molar-refractivity contribution is -0.118. The Labute approximate surface area is 262 Å². The van der Waals surface area contributed by atoms with Crippen LogP contribution in [0.25, 0.3) is 21.9 Å². The molecule has 0 aliphatic heterocycles. The number of hydrogen-bond donors (Lipinski definition) is 0. The maximum absolute atomic E-state index is 12.4. The summed E-state index contributed by atoms with van der Waals surface area (Å²) >= 11 is 0. The van der Waals surface area contributed by atoms with Crippen LogP contribution in [-0.4, -0.2) is 19.0 Å². The van der Waals surface area contributed by atoms with Crippen molar-refractivity contribution < 1.29 is 14.3 Å². The summed E-state index contributed by atoms with van der Waals surface area (Å²) < 4.78 is 12.7. The third-order valence-electron chi connectivity index (χ3n) is 8.59. The number of carbonyl (C=O) groups excluding carboxylic acids is 1. The van der Waals surface area contributed by atoms with Crippen molar-refractivity contribution in [3.05, 3.63) is 72.8 Å². The number of hydrogen-bond acceptors (Lipinski definition) is 3. The fourth-order valence-corrected chi connectivity index (χ4v) is 5.97. The van der Waals surface area contributed by atoms with E-state index >= 15 is 0 Å². The van der Waals surface area contributed by atoms with Crippen LogP contribution < -0.4 is 9.47 Å². The number of ketones is 1. The Kier molecular flexibility index (Phi) is 16.0. The highest BCUT2D eigenvalue weighted by Gasteiger charge is 2.16. The first-order valence-electron chi connectivity index (χ1n) is 17.1. The monoisotopic (exact) mass is 584 g/mol. The van der Waals surface area contributed by atoms with Gasteiger partial charge in [-0.25, -0.2) is 0 Å². The number of aryl methyl sites for hydroxylation is 1. The summed E-state index contributed by atoms with van der Waals surface area (Å²) in [5, 5.41) is 2.33. The van der Waals surface area contributed by atoms with Gasteiger partial charge < -0.3 is 9.47 Å². The van der Waals surface area contributed by atoms with E-state index in [1.165, 1.54) is 74.0 Å². The third kappa shape index (κ3) is 11.5. The number of allylic oxidation sites excluding steroid dienone is 1. The van der Waals surface area contributed by atoms with E-state index in [9.17, 15) is 4.79 Å². The molecule has 234 valence electrons. The van der Waals surface area contributed by atoms with E-state index < -0.39 is 0 Å². The van der Waals surface area contributed by atoms with Crippen molar-refractivity contribution in [2.75, 3.05) is 13.2 Å². The highest BCUT2D eigenvalue weighted by atomic mass is 16.5. The van der Waals surface area contributed by atoms with Gasteiger partial charge in [-0.3, -0.25) is 4.79 Å². The predicted octanol–water partition coefficient (Wildman–Crippen LogP) is 11.8. The molecular weight excluding hydrogens is 528 g/mol. The van der Waals surface area contributed by atoms with E-state index in [1.807, 2.05) is 0 Å². The lowest BCUT2D eigenvalue weighted by atomic mass is 9.91. The molecule has 0 amide bonds. The fourth-order valence-electron chi connectivity index (χ4n) is 5.97. The molecule has 1 atom stereocenters. The first-order chi connectivity index (χ1) is 21.1. The average molecular weight is 585 g/mol. The van der Waals surface area contributed by atoms with Gasteiger partial charge in [-0.05, 0) is 67.3 Å². The molecule has 0 fully saturated rings. The number of benzene rings is 3. The summed E-state index contributed by atoms with van der Waals surface area (Å²) in [6.07, 6.45) is 18.9. The molecular formula is C40H56O3.